The molecular weight excluding hydrogens is 234 g/mol. The van der Waals surface area contributed by atoms with E-state index in [1.54, 1.807) is 0 Å². The van der Waals surface area contributed by atoms with Gasteiger partial charge in [-0.3, -0.25) is 4.79 Å². The van der Waals surface area contributed by atoms with Gasteiger partial charge in [-0.2, -0.15) is 0 Å². The maximum Gasteiger partial charge on any atom is 0.195 e. The van der Waals surface area contributed by atoms with Crippen molar-refractivity contribution < 1.29 is 4.79 Å². The van der Waals surface area contributed by atoms with Gasteiger partial charge in [-0.15, -0.1) is 0 Å². The zero-order valence-electron chi connectivity index (χ0n) is 11.6. The molecule has 2 aromatic rings. The molecule has 0 aliphatic heterocycles. The van der Waals surface area contributed by atoms with Gasteiger partial charge in [0.05, 0.1) is 0 Å². The maximum atomic E-state index is 12.5. The molecule has 0 amide bonds. The highest BCUT2D eigenvalue weighted by Crippen LogP contribution is 2.21. The number of anilines is 1. The van der Waals surface area contributed by atoms with E-state index in [0.29, 0.717) is 6.04 Å². The molecule has 0 radical (unpaired) electrons. The van der Waals surface area contributed by atoms with Crippen LogP contribution in [0.15, 0.2) is 48.5 Å². The second-order valence-corrected chi connectivity index (χ2v) is 5.04. The quantitative estimate of drug-likeness (QED) is 0.833. The molecule has 0 bridgehead atoms. The van der Waals surface area contributed by atoms with Crippen LogP contribution in [0.2, 0.25) is 0 Å². The van der Waals surface area contributed by atoms with E-state index < -0.39 is 0 Å². The number of ketones is 1. The van der Waals surface area contributed by atoms with Gasteiger partial charge < -0.3 is 5.32 Å². The molecule has 0 aliphatic rings. The van der Waals surface area contributed by atoms with E-state index in [0.717, 1.165) is 22.4 Å². The fourth-order valence-electron chi connectivity index (χ4n) is 2.03. The molecule has 0 aromatic heterocycles. The number of hydrogen-bond acceptors (Lipinski definition) is 2. The van der Waals surface area contributed by atoms with E-state index >= 15 is 0 Å². The van der Waals surface area contributed by atoms with Gasteiger partial charge in [-0.1, -0.05) is 36.4 Å². The fraction of sp³-hybridized carbons (Fsp3) is 0.235. The van der Waals surface area contributed by atoms with Crippen LogP contribution in [0.1, 0.15) is 35.3 Å². The van der Waals surface area contributed by atoms with E-state index in [4.69, 9.17) is 0 Å². The van der Waals surface area contributed by atoms with Gasteiger partial charge in [-0.25, -0.2) is 0 Å². The zero-order valence-corrected chi connectivity index (χ0v) is 11.6. The Hall–Kier alpha value is -2.09. The Kier molecular flexibility index (Phi) is 4.00. The maximum absolute atomic E-state index is 12.5. The van der Waals surface area contributed by atoms with Crippen LogP contribution in [-0.2, 0) is 0 Å². The van der Waals surface area contributed by atoms with Gasteiger partial charge in [0.1, 0.15) is 0 Å². The zero-order chi connectivity index (χ0) is 13.8. The van der Waals surface area contributed by atoms with Gasteiger partial charge in [0, 0.05) is 22.9 Å². The third kappa shape index (κ3) is 3.22. The minimum absolute atomic E-state index is 0.0590. The van der Waals surface area contributed by atoms with Crippen molar-refractivity contribution in [1.29, 1.82) is 0 Å². The summed E-state index contributed by atoms with van der Waals surface area (Å²) in [5, 5.41) is 3.34. The summed E-state index contributed by atoms with van der Waals surface area (Å²) in [4.78, 5) is 12.5. The molecule has 2 aromatic carbocycles. The van der Waals surface area contributed by atoms with Crippen molar-refractivity contribution in [2.45, 2.75) is 26.8 Å². The molecule has 2 nitrogen and oxygen atoms in total. The average Bonchev–Trinajstić information content (AvgIpc) is 2.38. The first-order valence-electron chi connectivity index (χ1n) is 6.55. The lowest BCUT2D eigenvalue weighted by Crippen LogP contribution is -2.14. The van der Waals surface area contributed by atoms with Crippen molar-refractivity contribution in [2.24, 2.45) is 0 Å². The van der Waals surface area contributed by atoms with Crippen LogP contribution >= 0.6 is 0 Å². The molecule has 98 valence electrons. The second-order valence-electron chi connectivity index (χ2n) is 5.04. The average molecular weight is 253 g/mol. The van der Waals surface area contributed by atoms with Gasteiger partial charge in [0.2, 0.25) is 0 Å². The number of carbonyl (C=O) groups is 1. The summed E-state index contributed by atoms with van der Waals surface area (Å²) >= 11 is 0. The topological polar surface area (TPSA) is 29.1 Å². The van der Waals surface area contributed by atoms with Crippen LogP contribution in [-0.4, -0.2) is 11.8 Å². The van der Waals surface area contributed by atoms with Crippen LogP contribution in [0.25, 0.3) is 0 Å². The monoisotopic (exact) mass is 253 g/mol. The Bertz CT molecular complexity index is 573. The third-order valence-corrected chi connectivity index (χ3v) is 2.90. The number of carbonyl (C=O) groups excluding carboxylic acids is 1. The van der Waals surface area contributed by atoms with Crippen LogP contribution in [0.4, 0.5) is 5.69 Å². The lowest BCUT2D eigenvalue weighted by Gasteiger charge is -2.15. The Morgan fingerprint density at radius 1 is 1.05 bits per heavy atom. The van der Waals surface area contributed by atoms with Crippen LogP contribution < -0.4 is 5.32 Å². The van der Waals surface area contributed by atoms with E-state index in [1.807, 2.05) is 55.5 Å². The molecule has 0 fully saturated rings. The summed E-state index contributed by atoms with van der Waals surface area (Å²) in [6, 6.07) is 15.6. The number of nitrogens with one attached hydrogen (secondary N) is 1. The van der Waals surface area contributed by atoms with E-state index in [1.165, 1.54) is 0 Å². The summed E-state index contributed by atoms with van der Waals surface area (Å²) in [6.45, 7) is 6.17. The van der Waals surface area contributed by atoms with Crippen molar-refractivity contribution >= 4 is 11.5 Å². The molecule has 0 atom stereocenters. The molecule has 1 N–H and O–H groups in total. The minimum Gasteiger partial charge on any atom is -0.382 e. The standard InChI is InChI=1S/C17H19NO/c1-12(2)18-16-11-13(3)9-10-15(16)17(19)14-7-5-4-6-8-14/h4-12,18H,1-3H3. The molecule has 0 aliphatic carbocycles. The van der Waals surface area contributed by atoms with Crippen molar-refractivity contribution in [3.05, 3.63) is 65.2 Å². The smallest absolute Gasteiger partial charge is 0.195 e. The third-order valence-electron chi connectivity index (χ3n) is 2.90. The van der Waals surface area contributed by atoms with Crippen LogP contribution in [0.3, 0.4) is 0 Å². The predicted molar refractivity (Wildman–Crippen MR) is 79.8 cm³/mol. The normalized spacial score (nSPS) is 10.5. The molecular formula is C17H19NO. The van der Waals surface area contributed by atoms with Crippen molar-refractivity contribution in [1.82, 2.24) is 0 Å². The van der Waals surface area contributed by atoms with E-state index in [2.05, 4.69) is 19.2 Å². The second kappa shape index (κ2) is 5.70. The van der Waals surface area contributed by atoms with Gasteiger partial charge >= 0.3 is 0 Å². The van der Waals surface area contributed by atoms with Gasteiger partial charge in [0.25, 0.3) is 0 Å². The summed E-state index contributed by atoms with van der Waals surface area (Å²) in [6.07, 6.45) is 0. The molecule has 0 unspecified atom stereocenters. The first-order valence-corrected chi connectivity index (χ1v) is 6.55. The SMILES string of the molecule is Cc1ccc(C(=O)c2ccccc2)c(NC(C)C)c1. The number of benzene rings is 2. The molecule has 0 spiro atoms. The Labute approximate surface area is 114 Å². The summed E-state index contributed by atoms with van der Waals surface area (Å²) in [7, 11) is 0. The molecule has 0 saturated carbocycles. The predicted octanol–water partition coefficient (Wildman–Crippen LogP) is 4.05. The molecule has 0 heterocycles. The van der Waals surface area contributed by atoms with Gasteiger partial charge in [-0.05, 0) is 38.5 Å². The fourth-order valence-corrected chi connectivity index (χ4v) is 2.03. The number of hydrogen-bond donors (Lipinski definition) is 1. The molecule has 19 heavy (non-hydrogen) atoms. The van der Waals surface area contributed by atoms with Crippen LogP contribution in [0, 0.1) is 6.92 Å². The Morgan fingerprint density at radius 3 is 2.37 bits per heavy atom. The van der Waals surface area contributed by atoms with E-state index in [9.17, 15) is 4.79 Å². The highest BCUT2D eigenvalue weighted by Gasteiger charge is 2.13. The number of rotatable bonds is 4. The Balaban J connectivity index is 2.41. The summed E-state index contributed by atoms with van der Waals surface area (Å²) < 4.78 is 0. The lowest BCUT2D eigenvalue weighted by atomic mass is 10.00. The largest absolute Gasteiger partial charge is 0.382 e. The highest BCUT2D eigenvalue weighted by atomic mass is 16.1. The molecule has 2 rings (SSSR count). The molecule has 0 saturated heterocycles. The first-order chi connectivity index (χ1) is 9.08. The highest BCUT2D eigenvalue weighted by molar-refractivity contribution is 6.12. The summed E-state index contributed by atoms with van der Waals surface area (Å²) in [5.41, 5.74) is 3.50. The van der Waals surface area contributed by atoms with Crippen molar-refractivity contribution in [3.8, 4) is 0 Å². The minimum atomic E-state index is 0.0590. The van der Waals surface area contributed by atoms with Gasteiger partial charge in [0.15, 0.2) is 5.78 Å². The number of aryl methyl sites for hydroxylation is 1. The Morgan fingerprint density at radius 2 is 1.74 bits per heavy atom. The van der Waals surface area contributed by atoms with Crippen molar-refractivity contribution in [3.63, 3.8) is 0 Å². The first kappa shape index (κ1) is 13.3. The molecule has 2 heteroatoms. The summed E-state index contributed by atoms with van der Waals surface area (Å²) in [5.74, 6) is 0.0590. The lowest BCUT2D eigenvalue weighted by molar-refractivity contribution is 0.103. The van der Waals surface area contributed by atoms with Crippen molar-refractivity contribution in [2.75, 3.05) is 5.32 Å². The van der Waals surface area contributed by atoms with Crippen LogP contribution in [0.5, 0.6) is 0 Å². The van der Waals surface area contributed by atoms with E-state index in [-0.39, 0.29) is 5.78 Å².